The summed E-state index contributed by atoms with van der Waals surface area (Å²) in [7, 11) is 1.40. The van der Waals surface area contributed by atoms with Crippen molar-refractivity contribution in [2.45, 2.75) is 38.5 Å². The molecule has 0 aromatic heterocycles. The van der Waals surface area contributed by atoms with E-state index in [1.54, 1.807) is 0 Å². The molecule has 0 heterocycles. The first-order valence-electron chi connectivity index (χ1n) is 8.46. The van der Waals surface area contributed by atoms with Gasteiger partial charge in [0.15, 0.2) is 0 Å². The molecule has 1 saturated carbocycles. The second-order valence-corrected chi connectivity index (χ2v) is 6.65. The maximum Gasteiger partial charge on any atom is 0.337 e. The zero-order valence-electron chi connectivity index (χ0n) is 13.9. The molecule has 0 bridgehead atoms. The van der Waals surface area contributed by atoms with E-state index in [1.807, 2.05) is 24.3 Å². The van der Waals surface area contributed by atoms with E-state index in [1.165, 1.54) is 43.9 Å². The van der Waals surface area contributed by atoms with Crippen LogP contribution >= 0.6 is 0 Å². The molecule has 0 spiro atoms. The molecule has 2 nitrogen and oxygen atoms in total. The van der Waals surface area contributed by atoms with Crippen LogP contribution in [0.15, 0.2) is 48.5 Å². The second kappa shape index (κ2) is 6.99. The molecular weight excluding hydrogens is 284 g/mol. The van der Waals surface area contributed by atoms with E-state index in [2.05, 4.69) is 31.2 Å². The highest BCUT2D eigenvalue weighted by Crippen LogP contribution is 2.36. The van der Waals surface area contributed by atoms with Crippen LogP contribution in [0, 0.1) is 5.92 Å². The Bertz CT molecular complexity index is 647. The number of rotatable bonds is 3. The number of hydrogen-bond donors (Lipinski definition) is 0. The van der Waals surface area contributed by atoms with Crippen LogP contribution in [0.1, 0.15) is 54.4 Å². The van der Waals surface area contributed by atoms with Gasteiger partial charge in [-0.25, -0.2) is 4.79 Å². The number of ether oxygens (including phenoxy) is 1. The van der Waals surface area contributed by atoms with Crippen LogP contribution in [0.4, 0.5) is 0 Å². The fourth-order valence-electron chi connectivity index (χ4n) is 3.46. The van der Waals surface area contributed by atoms with Gasteiger partial charge in [0, 0.05) is 0 Å². The van der Waals surface area contributed by atoms with Crippen molar-refractivity contribution in [2.24, 2.45) is 5.92 Å². The standard InChI is InChI=1S/C21H24O2/c1-15-3-5-16(6-4-15)17-7-9-18(10-8-17)19-11-13-20(14-12-19)21(22)23-2/h7-16H,3-6H2,1-2H3. The second-order valence-electron chi connectivity index (χ2n) is 6.65. The lowest BCUT2D eigenvalue weighted by Crippen LogP contribution is -2.10. The van der Waals surface area contributed by atoms with Gasteiger partial charge in [-0.15, -0.1) is 0 Å². The van der Waals surface area contributed by atoms with Crippen LogP contribution in [0.2, 0.25) is 0 Å². The van der Waals surface area contributed by atoms with Gasteiger partial charge >= 0.3 is 5.97 Å². The van der Waals surface area contributed by atoms with Gasteiger partial charge in [0.2, 0.25) is 0 Å². The number of hydrogen-bond acceptors (Lipinski definition) is 2. The topological polar surface area (TPSA) is 26.3 Å². The quantitative estimate of drug-likeness (QED) is 0.706. The molecule has 0 saturated heterocycles. The molecule has 0 aliphatic heterocycles. The Morgan fingerprint density at radius 1 is 0.870 bits per heavy atom. The normalized spacial score (nSPS) is 21.0. The summed E-state index contributed by atoms with van der Waals surface area (Å²) in [5, 5.41) is 0. The summed E-state index contributed by atoms with van der Waals surface area (Å²) in [5.41, 5.74) is 4.37. The number of esters is 1. The molecule has 2 heteroatoms. The molecule has 1 fully saturated rings. The van der Waals surface area contributed by atoms with Gasteiger partial charge in [-0.2, -0.15) is 0 Å². The molecule has 120 valence electrons. The van der Waals surface area contributed by atoms with Gasteiger partial charge in [0.05, 0.1) is 12.7 Å². The highest BCUT2D eigenvalue weighted by molar-refractivity contribution is 5.89. The number of carbonyl (C=O) groups is 1. The summed E-state index contributed by atoms with van der Waals surface area (Å²) >= 11 is 0. The predicted molar refractivity (Wildman–Crippen MR) is 93.6 cm³/mol. The Morgan fingerprint density at radius 2 is 1.39 bits per heavy atom. The maximum atomic E-state index is 11.5. The Morgan fingerprint density at radius 3 is 1.91 bits per heavy atom. The molecule has 3 rings (SSSR count). The third kappa shape index (κ3) is 3.64. The Kier molecular flexibility index (Phi) is 4.80. The highest BCUT2D eigenvalue weighted by Gasteiger charge is 2.19. The molecule has 23 heavy (non-hydrogen) atoms. The van der Waals surface area contributed by atoms with Crippen LogP contribution in [-0.4, -0.2) is 13.1 Å². The summed E-state index contributed by atoms with van der Waals surface area (Å²) in [4.78, 5) is 11.5. The number of methoxy groups -OCH3 is 1. The lowest BCUT2D eigenvalue weighted by molar-refractivity contribution is 0.0601. The molecule has 2 aromatic carbocycles. The van der Waals surface area contributed by atoms with Crippen molar-refractivity contribution in [3.63, 3.8) is 0 Å². The van der Waals surface area contributed by atoms with Crippen LogP contribution < -0.4 is 0 Å². The summed E-state index contributed by atoms with van der Waals surface area (Å²) in [6, 6.07) is 16.5. The molecular formula is C21H24O2. The predicted octanol–water partition coefficient (Wildman–Crippen LogP) is 5.43. The van der Waals surface area contributed by atoms with Crippen LogP contribution in [0.5, 0.6) is 0 Å². The van der Waals surface area contributed by atoms with Crippen molar-refractivity contribution in [3.8, 4) is 11.1 Å². The van der Waals surface area contributed by atoms with Crippen molar-refractivity contribution < 1.29 is 9.53 Å². The Hall–Kier alpha value is -2.09. The van der Waals surface area contributed by atoms with Gasteiger partial charge in [0.25, 0.3) is 0 Å². The number of benzene rings is 2. The zero-order valence-corrected chi connectivity index (χ0v) is 13.9. The van der Waals surface area contributed by atoms with Crippen molar-refractivity contribution in [2.75, 3.05) is 7.11 Å². The fraction of sp³-hybridized carbons (Fsp3) is 0.381. The minimum atomic E-state index is -0.293. The highest BCUT2D eigenvalue weighted by atomic mass is 16.5. The van der Waals surface area contributed by atoms with E-state index in [4.69, 9.17) is 4.74 Å². The third-order valence-corrected chi connectivity index (χ3v) is 5.04. The van der Waals surface area contributed by atoms with Crippen molar-refractivity contribution in [3.05, 3.63) is 59.7 Å². The molecule has 0 amide bonds. The Labute approximate surface area is 138 Å². The van der Waals surface area contributed by atoms with Crippen molar-refractivity contribution in [1.29, 1.82) is 0 Å². The molecule has 0 radical (unpaired) electrons. The van der Waals surface area contributed by atoms with Crippen LogP contribution in [0.25, 0.3) is 11.1 Å². The molecule has 0 atom stereocenters. The minimum absolute atomic E-state index is 0.293. The third-order valence-electron chi connectivity index (χ3n) is 5.04. The summed E-state index contributed by atoms with van der Waals surface area (Å²) in [6.45, 7) is 2.36. The van der Waals surface area contributed by atoms with E-state index in [-0.39, 0.29) is 5.97 Å². The average molecular weight is 308 g/mol. The smallest absolute Gasteiger partial charge is 0.337 e. The minimum Gasteiger partial charge on any atom is -0.465 e. The van der Waals surface area contributed by atoms with Gasteiger partial charge < -0.3 is 4.74 Å². The van der Waals surface area contributed by atoms with E-state index < -0.39 is 0 Å². The lowest BCUT2D eigenvalue weighted by atomic mass is 9.79. The van der Waals surface area contributed by atoms with Crippen LogP contribution in [-0.2, 0) is 4.74 Å². The SMILES string of the molecule is COC(=O)c1ccc(-c2ccc(C3CCC(C)CC3)cc2)cc1. The lowest BCUT2D eigenvalue weighted by Gasteiger charge is -2.26. The zero-order chi connectivity index (χ0) is 16.2. The molecule has 0 N–H and O–H groups in total. The van der Waals surface area contributed by atoms with E-state index in [0.717, 1.165) is 17.4 Å². The molecule has 1 aliphatic carbocycles. The first-order valence-corrected chi connectivity index (χ1v) is 8.46. The van der Waals surface area contributed by atoms with Gasteiger partial charge in [-0.05, 0) is 53.5 Å². The first-order chi connectivity index (χ1) is 11.2. The molecule has 2 aromatic rings. The van der Waals surface area contributed by atoms with E-state index in [9.17, 15) is 4.79 Å². The summed E-state index contributed by atoms with van der Waals surface area (Å²) in [6.07, 6.45) is 5.32. The summed E-state index contributed by atoms with van der Waals surface area (Å²) in [5.74, 6) is 1.32. The largest absolute Gasteiger partial charge is 0.465 e. The van der Waals surface area contributed by atoms with Crippen LogP contribution in [0.3, 0.4) is 0 Å². The first kappa shape index (κ1) is 15.8. The molecule has 1 aliphatic rings. The van der Waals surface area contributed by atoms with Gasteiger partial charge in [-0.1, -0.05) is 56.2 Å². The van der Waals surface area contributed by atoms with Crippen molar-refractivity contribution in [1.82, 2.24) is 0 Å². The van der Waals surface area contributed by atoms with E-state index >= 15 is 0 Å². The average Bonchev–Trinajstić information content (AvgIpc) is 2.62. The number of carbonyl (C=O) groups excluding carboxylic acids is 1. The Balaban J connectivity index is 1.73. The molecule has 0 unspecified atom stereocenters. The van der Waals surface area contributed by atoms with Crippen molar-refractivity contribution >= 4 is 5.97 Å². The monoisotopic (exact) mass is 308 g/mol. The summed E-state index contributed by atoms with van der Waals surface area (Å²) < 4.78 is 4.73. The van der Waals surface area contributed by atoms with Gasteiger partial charge in [-0.3, -0.25) is 0 Å². The van der Waals surface area contributed by atoms with E-state index in [0.29, 0.717) is 5.56 Å². The van der Waals surface area contributed by atoms with Gasteiger partial charge in [0.1, 0.15) is 0 Å². The fourth-order valence-corrected chi connectivity index (χ4v) is 3.46. The maximum absolute atomic E-state index is 11.5.